The fraction of sp³-hybridized carbons (Fsp3) is 0.900. The predicted octanol–water partition coefficient (Wildman–Crippen LogP) is 0.605. The largest absolute Gasteiger partial charge is 0.383 e. The minimum absolute atomic E-state index is 0.111. The minimum atomic E-state index is 0.111. The summed E-state index contributed by atoms with van der Waals surface area (Å²) in [7, 11) is 5.24. The molecule has 0 aliphatic carbocycles. The standard InChI is InChI=1S/C10H21NO3/c1-11-9(8-13-2)10(14-3)6-4-5-7-12/h7,9-11H,4-6,8H2,1-3H3/t9?,10-/m1/s1. The molecule has 1 N–H and O–H groups in total. The van der Waals surface area contributed by atoms with Crippen LogP contribution in [0.15, 0.2) is 0 Å². The summed E-state index contributed by atoms with van der Waals surface area (Å²) in [5, 5.41) is 3.14. The molecule has 84 valence electrons. The lowest BCUT2D eigenvalue weighted by molar-refractivity contribution is -0.108. The highest BCUT2D eigenvalue weighted by Crippen LogP contribution is 2.08. The molecule has 0 aromatic heterocycles. The van der Waals surface area contributed by atoms with Crippen molar-refractivity contribution in [2.75, 3.05) is 27.9 Å². The van der Waals surface area contributed by atoms with Gasteiger partial charge in [0.15, 0.2) is 0 Å². The second kappa shape index (κ2) is 9.12. The Hall–Kier alpha value is -0.450. The van der Waals surface area contributed by atoms with Crippen LogP contribution in [-0.2, 0) is 14.3 Å². The van der Waals surface area contributed by atoms with Crippen LogP contribution < -0.4 is 5.32 Å². The second-order valence-electron chi connectivity index (χ2n) is 3.22. The molecule has 0 saturated carbocycles. The number of rotatable bonds is 9. The van der Waals surface area contributed by atoms with E-state index in [1.165, 1.54) is 0 Å². The molecule has 0 saturated heterocycles. The Labute approximate surface area is 86.0 Å². The summed E-state index contributed by atoms with van der Waals surface area (Å²) in [6.45, 7) is 0.621. The van der Waals surface area contributed by atoms with E-state index < -0.39 is 0 Å². The van der Waals surface area contributed by atoms with Gasteiger partial charge in [-0.15, -0.1) is 0 Å². The van der Waals surface area contributed by atoms with Crippen molar-refractivity contribution < 1.29 is 14.3 Å². The van der Waals surface area contributed by atoms with Gasteiger partial charge in [0.1, 0.15) is 6.29 Å². The molecule has 0 spiro atoms. The molecule has 4 heteroatoms. The quantitative estimate of drug-likeness (QED) is 0.440. The number of ether oxygens (including phenoxy) is 2. The summed E-state index contributed by atoms with van der Waals surface area (Å²) < 4.78 is 10.4. The molecule has 0 radical (unpaired) electrons. The van der Waals surface area contributed by atoms with Crippen molar-refractivity contribution in [3.8, 4) is 0 Å². The maximum Gasteiger partial charge on any atom is 0.119 e. The van der Waals surface area contributed by atoms with Gasteiger partial charge in [-0.2, -0.15) is 0 Å². The van der Waals surface area contributed by atoms with E-state index in [4.69, 9.17) is 9.47 Å². The molecule has 0 aliphatic rings. The summed E-state index contributed by atoms with van der Waals surface area (Å²) >= 11 is 0. The average molecular weight is 203 g/mol. The SMILES string of the molecule is CNC(COC)[C@@H](CCCC=O)OC. The molecule has 2 atom stereocenters. The van der Waals surface area contributed by atoms with E-state index in [0.29, 0.717) is 13.0 Å². The smallest absolute Gasteiger partial charge is 0.119 e. The van der Waals surface area contributed by atoms with Gasteiger partial charge in [0.05, 0.1) is 18.8 Å². The van der Waals surface area contributed by atoms with Gasteiger partial charge in [-0.3, -0.25) is 0 Å². The van der Waals surface area contributed by atoms with E-state index in [2.05, 4.69) is 5.32 Å². The monoisotopic (exact) mass is 203 g/mol. The van der Waals surface area contributed by atoms with Crippen molar-refractivity contribution >= 4 is 6.29 Å². The fourth-order valence-corrected chi connectivity index (χ4v) is 1.44. The van der Waals surface area contributed by atoms with Gasteiger partial charge in [-0.25, -0.2) is 0 Å². The van der Waals surface area contributed by atoms with Gasteiger partial charge in [-0.05, 0) is 19.9 Å². The zero-order valence-electron chi connectivity index (χ0n) is 9.29. The molecule has 0 amide bonds. The molecule has 0 rings (SSSR count). The lowest BCUT2D eigenvalue weighted by atomic mass is 10.1. The number of aldehydes is 1. The topological polar surface area (TPSA) is 47.6 Å². The summed E-state index contributed by atoms with van der Waals surface area (Å²) in [5.41, 5.74) is 0. The number of unbranched alkanes of at least 4 members (excludes halogenated alkanes) is 1. The number of carbonyl (C=O) groups excluding carboxylic acids is 1. The van der Waals surface area contributed by atoms with Gasteiger partial charge in [0, 0.05) is 20.6 Å². The molecular formula is C10H21NO3. The van der Waals surface area contributed by atoms with Gasteiger partial charge < -0.3 is 19.6 Å². The van der Waals surface area contributed by atoms with Crippen molar-refractivity contribution in [2.24, 2.45) is 0 Å². The molecule has 4 nitrogen and oxygen atoms in total. The average Bonchev–Trinajstić information content (AvgIpc) is 2.22. The third-order valence-electron chi connectivity index (χ3n) is 2.28. The number of hydrogen-bond donors (Lipinski definition) is 1. The number of hydrogen-bond acceptors (Lipinski definition) is 4. The van der Waals surface area contributed by atoms with Crippen LogP contribution >= 0.6 is 0 Å². The maximum atomic E-state index is 10.2. The molecule has 1 unspecified atom stereocenters. The molecule has 0 aliphatic heterocycles. The molecule has 0 aromatic rings. The molecule has 0 fully saturated rings. The van der Waals surface area contributed by atoms with Crippen molar-refractivity contribution in [1.82, 2.24) is 5.32 Å². The summed E-state index contributed by atoms with van der Waals surface area (Å²) in [4.78, 5) is 10.2. The third kappa shape index (κ3) is 5.32. The molecule has 14 heavy (non-hydrogen) atoms. The van der Waals surface area contributed by atoms with E-state index in [-0.39, 0.29) is 12.1 Å². The van der Waals surface area contributed by atoms with Gasteiger partial charge in [-0.1, -0.05) is 0 Å². The van der Waals surface area contributed by atoms with E-state index in [1.54, 1.807) is 14.2 Å². The Morgan fingerprint density at radius 1 is 1.43 bits per heavy atom. The molecule has 0 bridgehead atoms. The van der Waals surface area contributed by atoms with Crippen molar-refractivity contribution in [2.45, 2.75) is 31.4 Å². The minimum Gasteiger partial charge on any atom is -0.383 e. The van der Waals surface area contributed by atoms with Crippen LogP contribution in [0.25, 0.3) is 0 Å². The Kier molecular flexibility index (Phi) is 8.83. The highest BCUT2D eigenvalue weighted by molar-refractivity contribution is 5.48. The Bertz CT molecular complexity index is 141. The van der Waals surface area contributed by atoms with Crippen LogP contribution in [0.3, 0.4) is 0 Å². The van der Waals surface area contributed by atoms with Crippen LogP contribution in [-0.4, -0.2) is 46.3 Å². The molecule has 0 aromatic carbocycles. The first kappa shape index (κ1) is 13.5. The first-order valence-electron chi connectivity index (χ1n) is 4.92. The van der Waals surface area contributed by atoms with Crippen LogP contribution in [0.2, 0.25) is 0 Å². The lowest BCUT2D eigenvalue weighted by Gasteiger charge is -2.24. The van der Waals surface area contributed by atoms with Crippen LogP contribution in [0.4, 0.5) is 0 Å². The number of nitrogens with one attached hydrogen (secondary N) is 1. The fourth-order valence-electron chi connectivity index (χ4n) is 1.44. The summed E-state index contributed by atoms with van der Waals surface area (Å²) in [5.74, 6) is 0. The maximum absolute atomic E-state index is 10.2. The van der Waals surface area contributed by atoms with Crippen LogP contribution in [0.5, 0.6) is 0 Å². The van der Waals surface area contributed by atoms with Crippen molar-refractivity contribution in [3.05, 3.63) is 0 Å². The Balaban J connectivity index is 3.87. The van der Waals surface area contributed by atoms with Crippen molar-refractivity contribution in [1.29, 1.82) is 0 Å². The predicted molar refractivity (Wildman–Crippen MR) is 55.4 cm³/mol. The molecular weight excluding hydrogens is 182 g/mol. The lowest BCUT2D eigenvalue weighted by Crippen LogP contribution is -2.42. The van der Waals surface area contributed by atoms with E-state index in [0.717, 1.165) is 19.1 Å². The van der Waals surface area contributed by atoms with E-state index in [1.807, 2.05) is 7.05 Å². The van der Waals surface area contributed by atoms with E-state index >= 15 is 0 Å². The highest BCUT2D eigenvalue weighted by Gasteiger charge is 2.18. The first-order chi connectivity index (χ1) is 6.79. The summed E-state index contributed by atoms with van der Waals surface area (Å²) in [6.07, 6.45) is 3.40. The zero-order chi connectivity index (χ0) is 10.8. The third-order valence-corrected chi connectivity index (χ3v) is 2.28. The van der Waals surface area contributed by atoms with Crippen LogP contribution in [0, 0.1) is 0 Å². The first-order valence-corrected chi connectivity index (χ1v) is 4.92. The zero-order valence-corrected chi connectivity index (χ0v) is 9.29. The Morgan fingerprint density at radius 2 is 2.14 bits per heavy atom. The van der Waals surface area contributed by atoms with E-state index in [9.17, 15) is 4.79 Å². The number of carbonyl (C=O) groups is 1. The second-order valence-corrected chi connectivity index (χ2v) is 3.22. The molecule has 0 heterocycles. The van der Waals surface area contributed by atoms with Gasteiger partial charge in [0.2, 0.25) is 0 Å². The Morgan fingerprint density at radius 3 is 2.57 bits per heavy atom. The van der Waals surface area contributed by atoms with Gasteiger partial charge >= 0.3 is 0 Å². The normalized spacial score (nSPS) is 15.1. The number of likely N-dealkylation sites (N-methyl/N-ethyl adjacent to an activating group) is 1. The van der Waals surface area contributed by atoms with Crippen molar-refractivity contribution in [3.63, 3.8) is 0 Å². The number of methoxy groups -OCH3 is 2. The van der Waals surface area contributed by atoms with Gasteiger partial charge in [0.25, 0.3) is 0 Å². The van der Waals surface area contributed by atoms with Crippen LogP contribution in [0.1, 0.15) is 19.3 Å². The highest BCUT2D eigenvalue weighted by atomic mass is 16.5. The summed E-state index contributed by atoms with van der Waals surface area (Å²) in [6, 6.07) is 0.191.